The minimum absolute atomic E-state index is 0.00894. The van der Waals surface area contributed by atoms with Crippen molar-refractivity contribution in [2.75, 3.05) is 19.8 Å². The molecule has 0 spiro atoms. The smallest absolute Gasteiger partial charge is 0.305 e. The molecule has 0 radical (unpaired) electrons. The Balaban J connectivity index is 1.96. The molecule has 11 heteroatoms. The zero-order valence-electron chi connectivity index (χ0n) is 50.6. The molecule has 1 aliphatic heterocycles. The highest BCUT2D eigenvalue weighted by atomic mass is 16.7. The minimum atomic E-state index is -1.58. The highest BCUT2D eigenvalue weighted by Crippen LogP contribution is 2.23. The Morgan fingerprint density at radius 2 is 0.833 bits per heavy atom. The summed E-state index contributed by atoms with van der Waals surface area (Å²) in [6.07, 6.45) is 61.4. The van der Waals surface area contributed by atoms with Crippen molar-refractivity contribution in [1.29, 1.82) is 0 Å². The Kier molecular flexibility index (Phi) is 53.7. The van der Waals surface area contributed by atoms with Crippen LogP contribution in [0.15, 0.2) is 36.5 Å². The van der Waals surface area contributed by atoms with Crippen LogP contribution >= 0.6 is 0 Å². The molecular weight excluding hydrogens is 979 g/mol. The number of allylic oxidation sites excluding steroid dienone is 5. The van der Waals surface area contributed by atoms with E-state index < -0.39 is 49.5 Å². The van der Waals surface area contributed by atoms with Gasteiger partial charge in [0, 0.05) is 12.8 Å². The first-order valence-electron chi connectivity index (χ1n) is 33.3. The summed E-state index contributed by atoms with van der Waals surface area (Å²) < 4.78 is 16.7. The van der Waals surface area contributed by atoms with Crippen LogP contribution < -0.4 is 5.32 Å². The van der Waals surface area contributed by atoms with E-state index in [2.05, 4.69) is 43.5 Å². The molecule has 0 bridgehead atoms. The van der Waals surface area contributed by atoms with Crippen molar-refractivity contribution in [3.63, 3.8) is 0 Å². The van der Waals surface area contributed by atoms with E-state index in [-0.39, 0.29) is 18.5 Å². The number of rotatable bonds is 58. The van der Waals surface area contributed by atoms with Gasteiger partial charge in [0.15, 0.2) is 6.29 Å². The molecule has 0 aliphatic carbocycles. The quantitative estimate of drug-likeness (QED) is 0.0195. The molecule has 7 unspecified atom stereocenters. The van der Waals surface area contributed by atoms with Crippen LogP contribution in [-0.4, -0.2) is 100 Å². The number of aliphatic hydroxyl groups excluding tert-OH is 5. The topological polar surface area (TPSA) is 175 Å². The SMILES string of the molecule is CCC/C=C/CC/C=C/CC/C=C/C(O)C(COC1OC(CO)C(O)C(O)C1O)NC(=O)CCCCCCCCCCCCCCCCCCCCCCCCCCCCCCOC(=O)CCCCCCCCCCCCC. The number of hydrogen-bond donors (Lipinski definition) is 6. The third kappa shape index (κ3) is 45.5. The number of ether oxygens (including phenoxy) is 3. The molecule has 7 atom stereocenters. The standard InChI is InChI=1S/C67H125NO10/c1-3-5-7-9-11-13-33-37-41-45-49-53-60(70)59(58-77-67-66(75)65(74)64(73)61(57-69)78-67)68-62(71)54-50-46-42-38-35-31-29-27-25-23-21-19-17-15-16-18-20-22-24-26-28-30-32-36-40-44-48-52-56-76-63(72)55-51-47-43-39-34-14-12-10-8-6-4-2/h7,9,33,37,49,53,59-61,64-67,69-70,73-75H,3-6,8,10-32,34-36,38-48,50-52,54-58H2,1-2H3,(H,68,71)/b9-7+,37-33+,53-49+. The van der Waals surface area contributed by atoms with Crippen molar-refractivity contribution in [3.05, 3.63) is 36.5 Å². The van der Waals surface area contributed by atoms with Crippen molar-refractivity contribution in [3.8, 4) is 0 Å². The zero-order chi connectivity index (χ0) is 56.6. The molecular formula is C67H125NO10. The van der Waals surface area contributed by atoms with Crippen molar-refractivity contribution in [2.24, 2.45) is 0 Å². The predicted molar refractivity (Wildman–Crippen MR) is 324 cm³/mol. The molecule has 1 amide bonds. The number of carbonyl (C=O) groups excluding carboxylic acids is 2. The Labute approximate surface area is 479 Å². The number of unbranched alkanes of at least 4 members (excludes halogenated alkanes) is 40. The largest absolute Gasteiger partial charge is 0.466 e. The zero-order valence-corrected chi connectivity index (χ0v) is 50.6. The monoisotopic (exact) mass is 1100 g/mol. The highest BCUT2D eigenvalue weighted by Gasteiger charge is 2.44. The van der Waals surface area contributed by atoms with Crippen LogP contribution in [0.3, 0.4) is 0 Å². The molecule has 0 aromatic carbocycles. The van der Waals surface area contributed by atoms with Crippen LogP contribution in [0.25, 0.3) is 0 Å². The molecule has 1 heterocycles. The second-order valence-corrected chi connectivity index (χ2v) is 23.2. The summed E-state index contributed by atoms with van der Waals surface area (Å²) in [5.41, 5.74) is 0. The van der Waals surface area contributed by atoms with E-state index in [9.17, 15) is 35.1 Å². The summed E-state index contributed by atoms with van der Waals surface area (Å²) in [7, 11) is 0. The number of esters is 1. The lowest BCUT2D eigenvalue weighted by molar-refractivity contribution is -0.302. The Morgan fingerprint density at radius 1 is 0.462 bits per heavy atom. The summed E-state index contributed by atoms with van der Waals surface area (Å²) in [6, 6.07) is -0.831. The molecule has 1 aliphatic rings. The van der Waals surface area contributed by atoms with Gasteiger partial charge in [-0.05, 0) is 51.4 Å². The first kappa shape index (κ1) is 73.9. The van der Waals surface area contributed by atoms with Crippen molar-refractivity contribution >= 4 is 11.9 Å². The number of carbonyl (C=O) groups is 2. The van der Waals surface area contributed by atoms with Gasteiger partial charge in [0.1, 0.15) is 24.4 Å². The van der Waals surface area contributed by atoms with E-state index in [0.29, 0.717) is 19.4 Å². The van der Waals surface area contributed by atoms with Crippen LogP contribution in [0, 0.1) is 0 Å². The molecule has 1 fully saturated rings. The fraction of sp³-hybridized carbons (Fsp3) is 0.881. The predicted octanol–water partition coefficient (Wildman–Crippen LogP) is 16.2. The van der Waals surface area contributed by atoms with Crippen molar-refractivity contribution in [2.45, 2.75) is 358 Å². The fourth-order valence-corrected chi connectivity index (χ4v) is 10.5. The van der Waals surface area contributed by atoms with Crippen LogP contribution in [-0.2, 0) is 23.8 Å². The van der Waals surface area contributed by atoms with Gasteiger partial charge >= 0.3 is 5.97 Å². The molecule has 458 valence electrons. The van der Waals surface area contributed by atoms with Gasteiger partial charge in [-0.25, -0.2) is 0 Å². The number of amides is 1. The van der Waals surface area contributed by atoms with Crippen LogP contribution in [0.1, 0.15) is 316 Å². The maximum absolute atomic E-state index is 13.0. The van der Waals surface area contributed by atoms with Gasteiger partial charge in [-0.15, -0.1) is 0 Å². The third-order valence-electron chi connectivity index (χ3n) is 15.7. The molecule has 6 N–H and O–H groups in total. The molecule has 0 saturated carbocycles. The van der Waals surface area contributed by atoms with Gasteiger partial charge in [0.05, 0.1) is 32.0 Å². The van der Waals surface area contributed by atoms with E-state index >= 15 is 0 Å². The molecule has 78 heavy (non-hydrogen) atoms. The maximum atomic E-state index is 13.0. The maximum Gasteiger partial charge on any atom is 0.305 e. The summed E-state index contributed by atoms with van der Waals surface area (Å²) in [6.45, 7) is 4.27. The minimum Gasteiger partial charge on any atom is -0.466 e. The van der Waals surface area contributed by atoms with Gasteiger partial charge in [0.2, 0.25) is 5.91 Å². The first-order chi connectivity index (χ1) is 38.2. The van der Waals surface area contributed by atoms with E-state index in [4.69, 9.17) is 14.2 Å². The van der Waals surface area contributed by atoms with Crippen LogP contribution in [0.2, 0.25) is 0 Å². The summed E-state index contributed by atoms with van der Waals surface area (Å²) in [5, 5.41) is 54.3. The Bertz CT molecular complexity index is 1390. The van der Waals surface area contributed by atoms with Gasteiger partial charge in [0.25, 0.3) is 0 Å². The van der Waals surface area contributed by atoms with E-state index in [1.807, 2.05) is 6.08 Å². The lowest BCUT2D eigenvalue weighted by Crippen LogP contribution is -2.60. The Hall–Kier alpha value is -2.12. The third-order valence-corrected chi connectivity index (χ3v) is 15.7. The van der Waals surface area contributed by atoms with Crippen molar-refractivity contribution in [1.82, 2.24) is 5.32 Å². The summed E-state index contributed by atoms with van der Waals surface area (Å²) in [5.74, 6) is -0.185. The van der Waals surface area contributed by atoms with Gasteiger partial charge in [-0.3, -0.25) is 9.59 Å². The van der Waals surface area contributed by atoms with Crippen LogP contribution in [0.4, 0.5) is 0 Å². The number of aliphatic hydroxyl groups is 5. The fourth-order valence-electron chi connectivity index (χ4n) is 10.5. The van der Waals surface area contributed by atoms with Gasteiger partial charge < -0.3 is 45.1 Å². The molecule has 11 nitrogen and oxygen atoms in total. The highest BCUT2D eigenvalue weighted by molar-refractivity contribution is 5.76. The van der Waals surface area contributed by atoms with Crippen LogP contribution in [0.5, 0.6) is 0 Å². The van der Waals surface area contributed by atoms with Gasteiger partial charge in [-0.1, -0.05) is 288 Å². The lowest BCUT2D eigenvalue weighted by atomic mass is 9.99. The normalized spacial score (nSPS) is 18.7. The molecule has 1 rings (SSSR count). The molecule has 0 aromatic heterocycles. The number of hydrogen-bond acceptors (Lipinski definition) is 10. The van der Waals surface area contributed by atoms with Gasteiger partial charge in [-0.2, -0.15) is 0 Å². The summed E-state index contributed by atoms with van der Waals surface area (Å²) in [4.78, 5) is 25.0. The summed E-state index contributed by atoms with van der Waals surface area (Å²) >= 11 is 0. The Morgan fingerprint density at radius 3 is 1.24 bits per heavy atom. The van der Waals surface area contributed by atoms with E-state index in [1.54, 1.807) is 6.08 Å². The van der Waals surface area contributed by atoms with Crippen molar-refractivity contribution < 1.29 is 49.3 Å². The first-order valence-corrected chi connectivity index (χ1v) is 33.3. The van der Waals surface area contributed by atoms with E-state index in [0.717, 1.165) is 70.6 Å². The van der Waals surface area contributed by atoms with E-state index in [1.165, 1.54) is 218 Å². The lowest BCUT2D eigenvalue weighted by Gasteiger charge is -2.40. The average molecular weight is 1100 g/mol. The average Bonchev–Trinajstić information content (AvgIpc) is 3.44. The second-order valence-electron chi connectivity index (χ2n) is 23.2. The second kappa shape index (κ2) is 56.7. The molecule has 0 aromatic rings. The number of nitrogens with one attached hydrogen (secondary N) is 1. The molecule has 1 saturated heterocycles.